The molecule has 2 aromatic carbocycles. The first-order valence-corrected chi connectivity index (χ1v) is 11.4. The van der Waals surface area contributed by atoms with Gasteiger partial charge < -0.3 is 4.90 Å². The molecule has 0 aromatic heterocycles. The van der Waals surface area contributed by atoms with Gasteiger partial charge in [0.05, 0.1) is 16.2 Å². The van der Waals surface area contributed by atoms with Gasteiger partial charge in [-0.2, -0.15) is 0 Å². The first-order valence-electron chi connectivity index (χ1n) is 11.0. The Balaban J connectivity index is 1.44. The highest BCUT2D eigenvalue weighted by atomic mass is 35.5. The lowest BCUT2D eigenvalue weighted by molar-refractivity contribution is -0.120. The molecule has 0 bridgehead atoms. The summed E-state index contributed by atoms with van der Waals surface area (Å²) in [6, 6.07) is 13.0. The number of anilines is 2. The normalized spacial score (nSPS) is 20.1. The van der Waals surface area contributed by atoms with Gasteiger partial charge in [0.2, 0.25) is 5.91 Å². The Bertz CT molecular complexity index is 1100. The summed E-state index contributed by atoms with van der Waals surface area (Å²) in [5.74, 6) is -0.281. The van der Waals surface area contributed by atoms with E-state index in [1.54, 1.807) is 6.07 Å². The third-order valence-electron chi connectivity index (χ3n) is 6.75. The van der Waals surface area contributed by atoms with Crippen LogP contribution in [-0.4, -0.2) is 48.0 Å². The monoisotopic (exact) mass is 452 g/mol. The van der Waals surface area contributed by atoms with Crippen LogP contribution in [0.5, 0.6) is 0 Å². The molecular weight excluding hydrogens is 428 g/mol. The molecule has 7 nitrogen and oxygen atoms in total. The predicted octanol–water partition coefficient (Wildman–Crippen LogP) is 4.64. The minimum atomic E-state index is -0.463. The standard InChI is InChI=1S/C24H25ClN4O3/c1-2-27-15-13-24(11-12-24)29(23(27)32)17-8-6-16(7-9-17)18-4-3-5-19(21(18)25)28-14-10-20(30)26-22(28)31/h3-9H,2,10-15H2,1H3,(H,26,30,31). The van der Waals surface area contributed by atoms with Crippen molar-refractivity contribution < 1.29 is 14.4 Å². The highest BCUT2D eigenvalue weighted by molar-refractivity contribution is 6.36. The molecule has 5 amide bonds. The van der Waals surface area contributed by atoms with Crippen molar-refractivity contribution in [3.8, 4) is 11.1 Å². The first-order chi connectivity index (χ1) is 15.4. The number of hydrogen-bond acceptors (Lipinski definition) is 3. The van der Waals surface area contributed by atoms with Crippen LogP contribution < -0.4 is 15.1 Å². The average molecular weight is 453 g/mol. The third-order valence-corrected chi connectivity index (χ3v) is 7.15. The van der Waals surface area contributed by atoms with Crippen LogP contribution in [0.4, 0.5) is 21.0 Å². The van der Waals surface area contributed by atoms with Crippen molar-refractivity contribution in [3.63, 3.8) is 0 Å². The lowest BCUT2D eigenvalue weighted by Gasteiger charge is -2.42. The van der Waals surface area contributed by atoms with Crippen molar-refractivity contribution in [2.75, 3.05) is 29.4 Å². The molecule has 0 atom stereocenters. The van der Waals surface area contributed by atoms with Crippen molar-refractivity contribution in [2.24, 2.45) is 0 Å². The number of imide groups is 1. The first kappa shape index (κ1) is 20.8. The van der Waals surface area contributed by atoms with Gasteiger partial charge >= 0.3 is 12.1 Å². The molecular formula is C24H25ClN4O3. The van der Waals surface area contributed by atoms with E-state index in [0.29, 0.717) is 23.8 Å². The quantitative estimate of drug-likeness (QED) is 0.734. The number of amides is 5. The molecule has 2 heterocycles. The minimum Gasteiger partial charge on any atom is -0.325 e. The summed E-state index contributed by atoms with van der Waals surface area (Å²) in [6.07, 6.45) is 3.34. The van der Waals surface area contributed by atoms with Crippen molar-refractivity contribution in [2.45, 2.75) is 38.1 Å². The topological polar surface area (TPSA) is 73.0 Å². The van der Waals surface area contributed by atoms with E-state index >= 15 is 0 Å². The molecule has 32 heavy (non-hydrogen) atoms. The van der Waals surface area contributed by atoms with E-state index in [1.165, 1.54) is 4.90 Å². The molecule has 166 valence electrons. The second kappa shape index (κ2) is 7.81. The van der Waals surface area contributed by atoms with Crippen LogP contribution in [0, 0.1) is 0 Å². The predicted molar refractivity (Wildman–Crippen MR) is 124 cm³/mol. The summed E-state index contributed by atoms with van der Waals surface area (Å²) in [5.41, 5.74) is 3.13. The smallest absolute Gasteiger partial charge is 0.325 e. The fourth-order valence-corrected chi connectivity index (χ4v) is 5.06. The van der Waals surface area contributed by atoms with E-state index in [0.717, 1.165) is 42.6 Å². The number of urea groups is 2. The highest BCUT2D eigenvalue weighted by Gasteiger charge is 2.54. The van der Waals surface area contributed by atoms with E-state index in [4.69, 9.17) is 11.6 Å². The molecule has 5 rings (SSSR count). The van der Waals surface area contributed by atoms with Gasteiger partial charge in [0, 0.05) is 37.3 Å². The number of nitrogens with zero attached hydrogens (tertiary/aromatic N) is 3. The number of carbonyl (C=O) groups is 3. The molecule has 3 aliphatic rings. The molecule has 0 radical (unpaired) electrons. The number of hydrogen-bond donors (Lipinski definition) is 1. The molecule has 1 saturated carbocycles. The van der Waals surface area contributed by atoms with Gasteiger partial charge in [0.15, 0.2) is 0 Å². The lowest BCUT2D eigenvalue weighted by atomic mass is 10.0. The van der Waals surface area contributed by atoms with Crippen molar-refractivity contribution in [1.82, 2.24) is 10.2 Å². The van der Waals surface area contributed by atoms with Crippen LogP contribution in [-0.2, 0) is 4.79 Å². The zero-order chi connectivity index (χ0) is 22.5. The zero-order valence-corrected chi connectivity index (χ0v) is 18.7. The number of halogens is 1. The minimum absolute atomic E-state index is 0.0269. The van der Waals surface area contributed by atoms with Gasteiger partial charge in [-0.25, -0.2) is 9.59 Å². The number of nitrogens with one attached hydrogen (secondary N) is 1. The fraction of sp³-hybridized carbons (Fsp3) is 0.375. The molecule has 2 saturated heterocycles. The Morgan fingerprint density at radius 3 is 2.41 bits per heavy atom. The molecule has 1 aliphatic carbocycles. The molecule has 2 aromatic rings. The van der Waals surface area contributed by atoms with Gasteiger partial charge in [0.25, 0.3) is 0 Å². The number of benzene rings is 2. The Hall–Kier alpha value is -3.06. The Morgan fingerprint density at radius 1 is 1.00 bits per heavy atom. The Labute approximate surface area is 191 Å². The van der Waals surface area contributed by atoms with Crippen molar-refractivity contribution in [3.05, 3.63) is 47.5 Å². The average Bonchev–Trinajstić information content (AvgIpc) is 3.55. The summed E-state index contributed by atoms with van der Waals surface area (Å²) in [4.78, 5) is 42.2. The third kappa shape index (κ3) is 3.41. The van der Waals surface area contributed by atoms with Crippen molar-refractivity contribution >= 4 is 40.9 Å². The van der Waals surface area contributed by atoms with Crippen LogP contribution in [0.15, 0.2) is 42.5 Å². The Morgan fingerprint density at radius 2 is 1.75 bits per heavy atom. The van der Waals surface area contributed by atoms with Crippen LogP contribution in [0.1, 0.15) is 32.6 Å². The van der Waals surface area contributed by atoms with Crippen LogP contribution in [0.25, 0.3) is 11.1 Å². The highest BCUT2D eigenvalue weighted by Crippen LogP contribution is 2.49. The maximum Gasteiger partial charge on any atom is 0.328 e. The van der Waals surface area contributed by atoms with Crippen molar-refractivity contribution in [1.29, 1.82) is 0 Å². The van der Waals surface area contributed by atoms with E-state index in [9.17, 15) is 14.4 Å². The van der Waals surface area contributed by atoms with Gasteiger partial charge in [-0.1, -0.05) is 35.9 Å². The number of rotatable bonds is 4. The van der Waals surface area contributed by atoms with E-state index in [2.05, 4.69) is 5.32 Å². The molecule has 1 spiro atoms. The van der Waals surface area contributed by atoms with Gasteiger partial charge in [-0.15, -0.1) is 0 Å². The molecule has 2 aliphatic heterocycles. The van der Waals surface area contributed by atoms with E-state index in [-0.39, 0.29) is 23.9 Å². The van der Waals surface area contributed by atoms with E-state index in [1.807, 2.05) is 53.1 Å². The molecule has 0 unspecified atom stereocenters. The summed E-state index contributed by atoms with van der Waals surface area (Å²) in [7, 11) is 0. The number of carbonyl (C=O) groups excluding carboxylic acids is 3. The zero-order valence-electron chi connectivity index (χ0n) is 17.9. The second-order valence-electron chi connectivity index (χ2n) is 8.61. The summed E-state index contributed by atoms with van der Waals surface area (Å²) in [5, 5.41) is 2.79. The largest absolute Gasteiger partial charge is 0.328 e. The van der Waals surface area contributed by atoms with Crippen LogP contribution in [0.3, 0.4) is 0 Å². The van der Waals surface area contributed by atoms with E-state index < -0.39 is 6.03 Å². The van der Waals surface area contributed by atoms with Gasteiger partial charge in [0.1, 0.15) is 0 Å². The Kier molecular flexibility index (Phi) is 5.08. The van der Waals surface area contributed by atoms with Crippen LogP contribution >= 0.6 is 11.6 Å². The van der Waals surface area contributed by atoms with Crippen LogP contribution in [0.2, 0.25) is 5.02 Å². The molecule has 8 heteroatoms. The summed E-state index contributed by atoms with van der Waals surface area (Å²) in [6.45, 7) is 3.83. The maximum atomic E-state index is 13.1. The maximum absolute atomic E-state index is 13.1. The fourth-order valence-electron chi connectivity index (χ4n) is 4.73. The lowest BCUT2D eigenvalue weighted by Crippen LogP contribution is -2.56. The van der Waals surface area contributed by atoms with Gasteiger partial charge in [-0.05, 0) is 49.9 Å². The summed E-state index contributed by atoms with van der Waals surface area (Å²) < 4.78 is 0. The SMILES string of the molecule is CCN1CCC2(CC2)N(c2ccc(-c3cccc(N4CCC(=O)NC4=O)c3Cl)cc2)C1=O. The van der Waals surface area contributed by atoms with Gasteiger partial charge in [-0.3, -0.25) is 19.9 Å². The summed E-state index contributed by atoms with van der Waals surface area (Å²) >= 11 is 6.71. The molecule has 3 fully saturated rings. The molecule has 1 N–H and O–H groups in total. The second-order valence-corrected chi connectivity index (χ2v) is 8.99.